The predicted octanol–water partition coefficient (Wildman–Crippen LogP) is 3.73. The van der Waals surface area contributed by atoms with Crippen molar-refractivity contribution in [1.82, 2.24) is 5.32 Å². The maximum atomic E-state index is 12.6. The van der Waals surface area contributed by atoms with Gasteiger partial charge in [0.15, 0.2) is 0 Å². The zero-order valence-electron chi connectivity index (χ0n) is 15.8. The molecule has 6 heteroatoms. The summed E-state index contributed by atoms with van der Waals surface area (Å²) in [5, 5.41) is 5.83. The Hall–Kier alpha value is -1.59. The normalized spacial score (nSPS) is 15.8. The van der Waals surface area contributed by atoms with Gasteiger partial charge in [-0.25, -0.2) is 0 Å². The van der Waals surface area contributed by atoms with E-state index in [1.807, 2.05) is 26.0 Å². The van der Waals surface area contributed by atoms with Gasteiger partial charge in [-0.05, 0) is 42.9 Å². The Labute approximate surface area is 162 Å². The van der Waals surface area contributed by atoms with Crippen LogP contribution in [0.3, 0.4) is 0 Å². The van der Waals surface area contributed by atoms with Gasteiger partial charge in [0, 0.05) is 13.0 Å². The Bertz CT molecular complexity index is 598. The molecule has 1 aromatic carbocycles. The second-order valence-electron chi connectivity index (χ2n) is 7.64. The van der Waals surface area contributed by atoms with E-state index in [1.165, 1.54) is 6.42 Å². The molecule has 1 aliphatic rings. The third kappa shape index (κ3) is 6.29. The standard InChI is InChI=1S/C20H31N3O2.ClH/c1-15(2)13-22-19(25)16-8-4-5-9-17(16)23-18(24)12-20(14-21)10-6-3-7-11-20;/h4-5,8-9,15H,3,6-7,10-14,21H2,1-2H3,(H,22,25)(H,23,24);1H. The topological polar surface area (TPSA) is 84.2 Å². The summed E-state index contributed by atoms with van der Waals surface area (Å²) in [5.41, 5.74) is 6.96. The molecular formula is C20H32ClN3O2. The zero-order chi connectivity index (χ0) is 18.3. The Morgan fingerprint density at radius 1 is 1.15 bits per heavy atom. The van der Waals surface area contributed by atoms with E-state index in [4.69, 9.17) is 5.73 Å². The molecule has 0 aromatic heterocycles. The van der Waals surface area contributed by atoms with Gasteiger partial charge in [0.2, 0.25) is 5.91 Å². The number of benzene rings is 1. The zero-order valence-corrected chi connectivity index (χ0v) is 16.7. The minimum atomic E-state index is -0.157. The number of nitrogens with two attached hydrogens (primary N) is 1. The molecule has 2 rings (SSSR count). The van der Waals surface area contributed by atoms with Crippen molar-refractivity contribution in [2.45, 2.75) is 52.4 Å². The summed E-state index contributed by atoms with van der Waals surface area (Å²) in [7, 11) is 0. The average Bonchev–Trinajstić information content (AvgIpc) is 2.60. The summed E-state index contributed by atoms with van der Waals surface area (Å²) < 4.78 is 0. The Morgan fingerprint density at radius 2 is 1.81 bits per heavy atom. The summed E-state index contributed by atoms with van der Waals surface area (Å²) >= 11 is 0. The molecular weight excluding hydrogens is 350 g/mol. The number of amides is 2. The minimum absolute atomic E-state index is 0. The quantitative estimate of drug-likeness (QED) is 0.672. The summed E-state index contributed by atoms with van der Waals surface area (Å²) in [5.74, 6) is 0.161. The van der Waals surface area contributed by atoms with Crippen LogP contribution < -0.4 is 16.4 Å². The highest BCUT2D eigenvalue weighted by Crippen LogP contribution is 2.38. The van der Waals surface area contributed by atoms with E-state index in [9.17, 15) is 9.59 Å². The summed E-state index contributed by atoms with van der Waals surface area (Å²) in [6, 6.07) is 7.15. The van der Waals surface area contributed by atoms with Crippen molar-refractivity contribution in [2.75, 3.05) is 18.4 Å². The summed E-state index contributed by atoms with van der Waals surface area (Å²) in [6.07, 6.45) is 5.94. The van der Waals surface area contributed by atoms with Crippen molar-refractivity contribution in [3.05, 3.63) is 29.8 Å². The summed E-state index contributed by atoms with van der Waals surface area (Å²) in [4.78, 5) is 25.0. The number of hydrogen-bond acceptors (Lipinski definition) is 3. The van der Waals surface area contributed by atoms with Crippen LogP contribution in [0.2, 0.25) is 0 Å². The number of nitrogens with one attached hydrogen (secondary N) is 2. The van der Waals surface area contributed by atoms with Gasteiger partial charge in [0.25, 0.3) is 5.91 Å². The largest absolute Gasteiger partial charge is 0.352 e. The van der Waals surface area contributed by atoms with Crippen molar-refractivity contribution in [2.24, 2.45) is 17.1 Å². The summed E-state index contributed by atoms with van der Waals surface area (Å²) in [6.45, 7) is 5.24. The van der Waals surface area contributed by atoms with Crippen LogP contribution in [0.25, 0.3) is 0 Å². The third-order valence-corrected chi connectivity index (χ3v) is 5.00. The molecule has 1 aliphatic carbocycles. The first-order valence-electron chi connectivity index (χ1n) is 9.33. The molecule has 0 radical (unpaired) electrons. The van der Waals surface area contributed by atoms with E-state index in [0.29, 0.717) is 36.7 Å². The molecule has 26 heavy (non-hydrogen) atoms. The smallest absolute Gasteiger partial charge is 0.253 e. The van der Waals surface area contributed by atoms with Gasteiger partial charge in [-0.3, -0.25) is 9.59 Å². The maximum Gasteiger partial charge on any atom is 0.253 e. The molecule has 0 unspecified atom stereocenters. The SMILES string of the molecule is CC(C)CNC(=O)c1ccccc1NC(=O)CC1(CN)CCCCC1.Cl. The number of carbonyl (C=O) groups excluding carboxylic acids is 2. The molecule has 0 bridgehead atoms. The fourth-order valence-corrected chi connectivity index (χ4v) is 3.47. The molecule has 1 fully saturated rings. The van der Waals surface area contributed by atoms with E-state index in [2.05, 4.69) is 10.6 Å². The first kappa shape index (κ1) is 22.5. The fourth-order valence-electron chi connectivity index (χ4n) is 3.47. The molecule has 4 N–H and O–H groups in total. The van der Waals surface area contributed by atoms with Crippen LogP contribution >= 0.6 is 12.4 Å². The van der Waals surface area contributed by atoms with Gasteiger partial charge >= 0.3 is 0 Å². The lowest BCUT2D eigenvalue weighted by atomic mass is 9.71. The number of anilines is 1. The molecule has 0 aliphatic heterocycles. The van der Waals surface area contributed by atoms with Crippen molar-refractivity contribution in [3.63, 3.8) is 0 Å². The van der Waals surface area contributed by atoms with Crippen LogP contribution in [0.1, 0.15) is 62.7 Å². The average molecular weight is 382 g/mol. The molecule has 1 aromatic rings. The molecule has 0 heterocycles. The number of hydrogen-bond donors (Lipinski definition) is 3. The van der Waals surface area contributed by atoms with Crippen LogP contribution in [-0.4, -0.2) is 24.9 Å². The van der Waals surface area contributed by atoms with Gasteiger partial charge < -0.3 is 16.4 Å². The van der Waals surface area contributed by atoms with Gasteiger partial charge in [-0.2, -0.15) is 0 Å². The molecule has 5 nitrogen and oxygen atoms in total. The molecule has 0 spiro atoms. The first-order chi connectivity index (χ1) is 12.0. The number of para-hydroxylation sites is 1. The van der Waals surface area contributed by atoms with Crippen LogP contribution in [-0.2, 0) is 4.79 Å². The van der Waals surface area contributed by atoms with E-state index >= 15 is 0 Å². The highest BCUT2D eigenvalue weighted by molar-refractivity contribution is 6.03. The first-order valence-corrected chi connectivity index (χ1v) is 9.33. The Balaban J connectivity index is 0.00000338. The van der Waals surface area contributed by atoms with Gasteiger partial charge in [-0.1, -0.05) is 45.2 Å². The van der Waals surface area contributed by atoms with Gasteiger partial charge in [-0.15, -0.1) is 12.4 Å². The Kier molecular flexibility index (Phi) is 9.09. The predicted molar refractivity (Wildman–Crippen MR) is 109 cm³/mol. The monoisotopic (exact) mass is 381 g/mol. The van der Waals surface area contributed by atoms with Crippen LogP contribution in [0.5, 0.6) is 0 Å². The van der Waals surface area contributed by atoms with E-state index in [1.54, 1.807) is 12.1 Å². The van der Waals surface area contributed by atoms with Crippen molar-refractivity contribution in [3.8, 4) is 0 Å². The lowest BCUT2D eigenvalue weighted by molar-refractivity contribution is -0.118. The molecule has 2 amide bonds. The van der Waals surface area contributed by atoms with Crippen LogP contribution in [0, 0.1) is 11.3 Å². The second kappa shape index (κ2) is 10.5. The van der Waals surface area contributed by atoms with Crippen LogP contribution in [0.15, 0.2) is 24.3 Å². The fraction of sp³-hybridized carbons (Fsp3) is 0.600. The molecule has 0 saturated heterocycles. The highest BCUT2D eigenvalue weighted by Gasteiger charge is 2.33. The van der Waals surface area contributed by atoms with E-state index in [0.717, 1.165) is 25.7 Å². The third-order valence-electron chi connectivity index (χ3n) is 5.00. The number of halogens is 1. The second-order valence-corrected chi connectivity index (χ2v) is 7.64. The van der Waals surface area contributed by atoms with E-state index < -0.39 is 0 Å². The number of carbonyl (C=O) groups is 2. The van der Waals surface area contributed by atoms with Gasteiger partial charge in [0.1, 0.15) is 0 Å². The maximum absolute atomic E-state index is 12.6. The molecule has 1 saturated carbocycles. The lowest BCUT2D eigenvalue weighted by Gasteiger charge is -2.35. The van der Waals surface area contributed by atoms with Crippen molar-refractivity contribution in [1.29, 1.82) is 0 Å². The molecule has 146 valence electrons. The highest BCUT2D eigenvalue weighted by atomic mass is 35.5. The van der Waals surface area contributed by atoms with Gasteiger partial charge in [0.05, 0.1) is 11.3 Å². The number of rotatable bonds is 7. The van der Waals surface area contributed by atoms with E-state index in [-0.39, 0.29) is 29.6 Å². The lowest BCUT2D eigenvalue weighted by Crippen LogP contribution is -2.36. The van der Waals surface area contributed by atoms with Crippen LogP contribution in [0.4, 0.5) is 5.69 Å². The van der Waals surface area contributed by atoms with Crippen molar-refractivity contribution >= 4 is 29.9 Å². The molecule has 0 atom stereocenters. The minimum Gasteiger partial charge on any atom is -0.352 e. The van der Waals surface area contributed by atoms with Crippen molar-refractivity contribution < 1.29 is 9.59 Å². The Morgan fingerprint density at radius 3 is 2.42 bits per heavy atom.